The van der Waals surface area contributed by atoms with Gasteiger partial charge in [-0.2, -0.15) is 10.5 Å². The molecule has 2 nitrogen and oxygen atoms in total. The zero-order valence-electron chi connectivity index (χ0n) is 9.42. The molecular weight excluding hydrogens is 264 g/mol. The molecule has 0 heterocycles. The summed E-state index contributed by atoms with van der Waals surface area (Å²) >= 11 is 3.44. The third kappa shape index (κ3) is 3.08. The number of rotatable bonds is 3. The highest BCUT2D eigenvalue weighted by molar-refractivity contribution is 9.10. The average molecular weight is 277 g/mol. The SMILES string of the molecule is CC(C)Cc1cc(Br)c(CC#N)cc1C#N. The molecule has 0 amide bonds. The first-order valence-electron chi connectivity index (χ1n) is 5.16. The van der Waals surface area contributed by atoms with E-state index in [2.05, 4.69) is 41.9 Å². The van der Waals surface area contributed by atoms with E-state index in [4.69, 9.17) is 10.5 Å². The van der Waals surface area contributed by atoms with Gasteiger partial charge in [0.2, 0.25) is 0 Å². The van der Waals surface area contributed by atoms with Gasteiger partial charge in [0.1, 0.15) is 0 Å². The first kappa shape index (κ1) is 12.7. The van der Waals surface area contributed by atoms with Crippen molar-refractivity contribution in [3.8, 4) is 12.1 Å². The molecule has 0 radical (unpaired) electrons. The predicted octanol–water partition coefficient (Wildman–Crippen LogP) is 3.59. The van der Waals surface area contributed by atoms with Crippen LogP contribution in [0, 0.1) is 28.6 Å². The van der Waals surface area contributed by atoms with E-state index >= 15 is 0 Å². The molecule has 0 aliphatic carbocycles. The Balaban J connectivity index is 3.18. The second-order valence-corrected chi connectivity index (χ2v) is 5.00. The molecule has 0 aliphatic heterocycles. The van der Waals surface area contributed by atoms with Crippen LogP contribution in [0.2, 0.25) is 0 Å². The molecule has 0 unspecified atom stereocenters. The van der Waals surface area contributed by atoms with Crippen LogP contribution in [0.4, 0.5) is 0 Å². The molecular formula is C13H13BrN2. The molecule has 1 rings (SSSR count). The fourth-order valence-corrected chi connectivity index (χ4v) is 2.12. The Morgan fingerprint density at radius 1 is 1.25 bits per heavy atom. The van der Waals surface area contributed by atoms with Crippen molar-refractivity contribution in [2.24, 2.45) is 5.92 Å². The molecule has 1 aromatic rings. The van der Waals surface area contributed by atoms with Crippen LogP contribution in [0.25, 0.3) is 0 Å². The highest BCUT2D eigenvalue weighted by Gasteiger charge is 2.09. The summed E-state index contributed by atoms with van der Waals surface area (Å²) in [5.41, 5.74) is 2.61. The molecule has 0 saturated carbocycles. The minimum absolute atomic E-state index is 0.331. The van der Waals surface area contributed by atoms with Crippen LogP contribution in [0.1, 0.15) is 30.5 Å². The van der Waals surface area contributed by atoms with E-state index < -0.39 is 0 Å². The van der Waals surface area contributed by atoms with Gasteiger partial charge in [-0.25, -0.2) is 0 Å². The van der Waals surface area contributed by atoms with Crippen molar-refractivity contribution in [1.29, 1.82) is 10.5 Å². The molecule has 1 aromatic carbocycles. The highest BCUT2D eigenvalue weighted by atomic mass is 79.9. The lowest BCUT2D eigenvalue weighted by Crippen LogP contribution is -1.99. The van der Waals surface area contributed by atoms with E-state index in [1.165, 1.54) is 0 Å². The van der Waals surface area contributed by atoms with Crippen molar-refractivity contribution < 1.29 is 0 Å². The number of halogens is 1. The molecule has 0 bridgehead atoms. The van der Waals surface area contributed by atoms with Crippen molar-refractivity contribution in [2.75, 3.05) is 0 Å². The largest absolute Gasteiger partial charge is 0.198 e. The number of hydrogen-bond donors (Lipinski definition) is 0. The fourth-order valence-electron chi connectivity index (χ4n) is 1.59. The Labute approximate surface area is 105 Å². The van der Waals surface area contributed by atoms with Gasteiger partial charge in [0.05, 0.1) is 24.1 Å². The topological polar surface area (TPSA) is 47.6 Å². The van der Waals surface area contributed by atoms with Gasteiger partial charge in [0.25, 0.3) is 0 Å². The maximum Gasteiger partial charge on any atom is 0.0994 e. The number of nitrogens with zero attached hydrogens (tertiary/aromatic N) is 2. The van der Waals surface area contributed by atoms with E-state index in [1.54, 1.807) is 0 Å². The first-order chi connectivity index (χ1) is 7.58. The summed E-state index contributed by atoms with van der Waals surface area (Å²) < 4.78 is 0.920. The van der Waals surface area contributed by atoms with Gasteiger partial charge in [-0.15, -0.1) is 0 Å². The van der Waals surface area contributed by atoms with Gasteiger partial charge in [0.15, 0.2) is 0 Å². The highest BCUT2D eigenvalue weighted by Crippen LogP contribution is 2.24. The summed E-state index contributed by atoms with van der Waals surface area (Å²) in [6, 6.07) is 8.07. The zero-order valence-corrected chi connectivity index (χ0v) is 11.0. The minimum Gasteiger partial charge on any atom is -0.198 e. The van der Waals surface area contributed by atoms with Crippen molar-refractivity contribution in [1.82, 2.24) is 0 Å². The maximum atomic E-state index is 9.07. The second-order valence-electron chi connectivity index (χ2n) is 4.15. The Morgan fingerprint density at radius 2 is 1.94 bits per heavy atom. The number of hydrogen-bond acceptors (Lipinski definition) is 2. The molecule has 0 N–H and O–H groups in total. The van der Waals surface area contributed by atoms with Gasteiger partial charge in [-0.1, -0.05) is 29.8 Å². The third-order valence-corrected chi connectivity index (χ3v) is 3.03. The van der Waals surface area contributed by atoms with Crippen LogP contribution >= 0.6 is 15.9 Å². The Hall–Kier alpha value is -1.32. The second kappa shape index (κ2) is 5.68. The lowest BCUT2D eigenvalue weighted by Gasteiger charge is -2.10. The molecule has 0 aliphatic rings. The maximum absolute atomic E-state index is 9.07. The van der Waals surface area contributed by atoms with Gasteiger partial charge in [-0.3, -0.25) is 0 Å². The van der Waals surface area contributed by atoms with Crippen molar-refractivity contribution >= 4 is 15.9 Å². The van der Waals surface area contributed by atoms with E-state index in [1.807, 2.05) is 12.1 Å². The molecule has 3 heteroatoms. The van der Waals surface area contributed by atoms with Crippen molar-refractivity contribution in [3.63, 3.8) is 0 Å². The smallest absolute Gasteiger partial charge is 0.0994 e. The fraction of sp³-hybridized carbons (Fsp3) is 0.385. The number of nitriles is 2. The van der Waals surface area contributed by atoms with Gasteiger partial charge < -0.3 is 0 Å². The van der Waals surface area contributed by atoms with E-state index in [0.717, 1.165) is 22.0 Å². The number of benzene rings is 1. The molecule has 16 heavy (non-hydrogen) atoms. The normalized spacial score (nSPS) is 9.88. The molecule has 0 saturated heterocycles. The molecule has 0 atom stereocenters. The van der Waals surface area contributed by atoms with Gasteiger partial charge in [-0.05, 0) is 35.6 Å². The van der Waals surface area contributed by atoms with E-state index in [9.17, 15) is 0 Å². The van der Waals surface area contributed by atoms with Crippen LogP contribution in [-0.4, -0.2) is 0 Å². The summed E-state index contributed by atoms with van der Waals surface area (Å²) in [6.45, 7) is 4.25. The van der Waals surface area contributed by atoms with E-state index in [0.29, 0.717) is 17.9 Å². The standard InChI is InChI=1S/C13H13BrN2/c1-9(2)5-11-7-13(14)10(3-4-15)6-12(11)8-16/h6-7,9H,3,5H2,1-2H3. The van der Waals surface area contributed by atoms with Crippen LogP contribution < -0.4 is 0 Å². The van der Waals surface area contributed by atoms with Crippen LogP contribution in [0.5, 0.6) is 0 Å². The molecule has 0 aromatic heterocycles. The third-order valence-electron chi connectivity index (χ3n) is 2.29. The minimum atomic E-state index is 0.331. The molecule has 0 spiro atoms. The van der Waals surface area contributed by atoms with Crippen molar-refractivity contribution in [3.05, 3.63) is 33.3 Å². The summed E-state index contributed by atoms with van der Waals surface area (Å²) in [6.07, 6.45) is 1.21. The Bertz CT molecular complexity index is 464. The van der Waals surface area contributed by atoms with Crippen LogP contribution in [0.15, 0.2) is 16.6 Å². The lowest BCUT2D eigenvalue weighted by atomic mass is 9.96. The summed E-state index contributed by atoms with van der Waals surface area (Å²) in [5, 5.41) is 17.7. The van der Waals surface area contributed by atoms with Crippen LogP contribution in [-0.2, 0) is 12.8 Å². The summed E-state index contributed by atoms with van der Waals surface area (Å²) in [7, 11) is 0. The lowest BCUT2D eigenvalue weighted by molar-refractivity contribution is 0.646. The molecule has 82 valence electrons. The Morgan fingerprint density at radius 3 is 2.44 bits per heavy atom. The molecule has 0 fully saturated rings. The Kier molecular flexibility index (Phi) is 4.52. The van der Waals surface area contributed by atoms with Gasteiger partial charge >= 0.3 is 0 Å². The zero-order chi connectivity index (χ0) is 12.1. The first-order valence-corrected chi connectivity index (χ1v) is 5.96. The van der Waals surface area contributed by atoms with Crippen LogP contribution in [0.3, 0.4) is 0 Å². The quantitative estimate of drug-likeness (QED) is 0.847. The summed E-state index contributed by atoms with van der Waals surface area (Å²) in [4.78, 5) is 0. The summed E-state index contributed by atoms with van der Waals surface area (Å²) in [5.74, 6) is 0.515. The van der Waals surface area contributed by atoms with E-state index in [-0.39, 0.29) is 0 Å². The van der Waals surface area contributed by atoms with Crippen molar-refractivity contribution in [2.45, 2.75) is 26.7 Å². The predicted molar refractivity (Wildman–Crippen MR) is 66.7 cm³/mol. The van der Waals surface area contributed by atoms with Gasteiger partial charge in [0, 0.05) is 4.47 Å². The monoisotopic (exact) mass is 276 g/mol. The average Bonchev–Trinajstić information content (AvgIpc) is 2.21.